The molecule has 1 aromatic carbocycles. The maximum atomic E-state index is 12.9. The van der Waals surface area contributed by atoms with Crippen LogP contribution in [-0.4, -0.2) is 20.1 Å². The van der Waals surface area contributed by atoms with Gasteiger partial charge in [0.05, 0.1) is 16.3 Å². The van der Waals surface area contributed by atoms with Crippen LogP contribution in [0.25, 0.3) is 15.7 Å². The Balaban J connectivity index is 1.40. The molecule has 0 saturated heterocycles. The zero-order chi connectivity index (χ0) is 20.0. The van der Waals surface area contributed by atoms with Gasteiger partial charge in [-0.05, 0) is 48.9 Å². The molecule has 0 radical (unpaired) electrons. The Hall–Kier alpha value is -2.93. The summed E-state index contributed by atoms with van der Waals surface area (Å²) in [7, 11) is 0. The predicted octanol–water partition coefficient (Wildman–Crippen LogP) is 3.47. The monoisotopic (exact) mass is 406 g/mol. The molecule has 3 aromatic heterocycles. The molecule has 1 aliphatic rings. The van der Waals surface area contributed by atoms with Gasteiger partial charge in [0.25, 0.3) is 5.56 Å². The van der Waals surface area contributed by atoms with Gasteiger partial charge in [0.15, 0.2) is 0 Å². The van der Waals surface area contributed by atoms with Crippen LogP contribution in [0.1, 0.15) is 41.8 Å². The number of thiophene rings is 1. The molecule has 5 rings (SSSR count). The van der Waals surface area contributed by atoms with E-state index in [2.05, 4.69) is 35.5 Å². The van der Waals surface area contributed by atoms with Crippen LogP contribution in [0.15, 0.2) is 47.5 Å². The summed E-state index contributed by atoms with van der Waals surface area (Å²) in [5.41, 5.74) is 3.79. The van der Waals surface area contributed by atoms with E-state index in [4.69, 9.17) is 0 Å². The molecule has 148 valence electrons. The molecule has 6 nitrogen and oxygen atoms in total. The average Bonchev–Trinajstić information content (AvgIpc) is 3.29. The molecule has 4 aromatic rings. The largest absolute Gasteiger partial charge is 0.348 e. The summed E-state index contributed by atoms with van der Waals surface area (Å²) < 4.78 is 4.14. The number of nitrogens with one attached hydrogen (secondary N) is 1. The third kappa shape index (κ3) is 3.15. The number of hydrogen-bond acceptors (Lipinski definition) is 4. The smallest absolute Gasteiger partial charge is 0.291 e. The number of amides is 1. The van der Waals surface area contributed by atoms with E-state index in [0.717, 1.165) is 35.9 Å². The number of hydrogen-bond donors (Lipinski definition) is 1. The SMILES string of the molecule is CCc1cc2c(cc3c(=O)n(CC(=O)N[C@@H]4CCCc5ccccc54)ncn32)s1. The van der Waals surface area contributed by atoms with E-state index >= 15 is 0 Å². The van der Waals surface area contributed by atoms with Crippen LogP contribution in [0.5, 0.6) is 0 Å². The highest BCUT2D eigenvalue weighted by Crippen LogP contribution is 2.30. The van der Waals surface area contributed by atoms with Crippen molar-refractivity contribution in [1.29, 1.82) is 0 Å². The first-order chi connectivity index (χ1) is 14.1. The molecular weight excluding hydrogens is 384 g/mol. The molecule has 0 aliphatic heterocycles. The van der Waals surface area contributed by atoms with Gasteiger partial charge in [0.1, 0.15) is 18.4 Å². The van der Waals surface area contributed by atoms with Crippen molar-refractivity contribution in [2.45, 2.75) is 45.2 Å². The van der Waals surface area contributed by atoms with Crippen molar-refractivity contribution in [3.8, 4) is 0 Å². The molecule has 29 heavy (non-hydrogen) atoms. The van der Waals surface area contributed by atoms with E-state index in [-0.39, 0.29) is 24.1 Å². The summed E-state index contributed by atoms with van der Waals surface area (Å²) in [5.74, 6) is -0.188. The van der Waals surface area contributed by atoms with Crippen molar-refractivity contribution >= 4 is 33.0 Å². The summed E-state index contributed by atoms with van der Waals surface area (Å²) >= 11 is 1.69. The van der Waals surface area contributed by atoms with Gasteiger partial charge >= 0.3 is 0 Å². The average molecular weight is 407 g/mol. The van der Waals surface area contributed by atoms with Crippen molar-refractivity contribution < 1.29 is 4.79 Å². The molecule has 0 bridgehead atoms. The molecule has 7 heteroatoms. The van der Waals surface area contributed by atoms with Gasteiger partial charge in [0.2, 0.25) is 5.91 Å². The first kappa shape index (κ1) is 18.1. The van der Waals surface area contributed by atoms with Crippen LogP contribution in [0.3, 0.4) is 0 Å². The number of nitrogens with zero attached hydrogens (tertiary/aromatic N) is 3. The Morgan fingerprint density at radius 1 is 1.28 bits per heavy atom. The maximum absolute atomic E-state index is 12.9. The number of aryl methyl sites for hydroxylation is 2. The Morgan fingerprint density at radius 3 is 3.00 bits per heavy atom. The van der Waals surface area contributed by atoms with Gasteiger partial charge in [-0.25, -0.2) is 4.68 Å². The van der Waals surface area contributed by atoms with Crippen molar-refractivity contribution in [3.05, 3.63) is 69.1 Å². The second-order valence-corrected chi connectivity index (χ2v) is 8.69. The predicted molar refractivity (Wildman–Crippen MR) is 114 cm³/mol. The summed E-state index contributed by atoms with van der Waals surface area (Å²) in [6.07, 6.45) is 5.61. The number of fused-ring (bicyclic) bond motifs is 4. The Morgan fingerprint density at radius 2 is 2.14 bits per heavy atom. The van der Waals surface area contributed by atoms with Gasteiger partial charge < -0.3 is 5.32 Å². The standard InChI is InChI=1S/C22H22N4O2S/c1-2-15-10-18-20(29-15)11-19-22(28)26(23-13-25(18)19)12-21(27)24-17-9-5-7-14-6-3-4-8-16(14)17/h3-4,6,8,10-11,13,17H,2,5,7,9,12H2,1H3,(H,24,27)/t17-/m1/s1. The van der Waals surface area contributed by atoms with E-state index < -0.39 is 0 Å². The highest BCUT2D eigenvalue weighted by Gasteiger charge is 2.22. The van der Waals surface area contributed by atoms with Crippen LogP contribution in [-0.2, 0) is 24.2 Å². The Kier molecular flexibility index (Phi) is 4.47. The van der Waals surface area contributed by atoms with Crippen molar-refractivity contribution in [3.63, 3.8) is 0 Å². The van der Waals surface area contributed by atoms with Gasteiger partial charge in [0, 0.05) is 4.88 Å². The third-order valence-corrected chi connectivity index (χ3v) is 6.90. The lowest BCUT2D eigenvalue weighted by atomic mass is 9.88. The molecule has 0 unspecified atom stereocenters. The van der Waals surface area contributed by atoms with E-state index in [9.17, 15) is 9.59 Å². The van der Waals surface area contributed by atoms with E-state index in [1.807, 2.05) is 22.6 Å². The molecule has 1 amide bonds. The molecule has 3 heterocycles. The van der Waals surface area contributed by atoms with Crippen LogP contribution in [0, 0.1) is 0 Å². The lowest BCUT2D eigenvalue weighted by Gasteiger charge is -2.26. The summed E-state index contributed by atoms with van der Waals surface area (Å²) in [6, 6.07) is 12.2. The topological polar surface area (TPSA) is 68.4 Å². The quantitative estimate of drug-likeness (QED) is 0.564. The molecule has 1 atom stereocenters. The lowest BCUT2D eigenvalue weighted by molar-refractivity contribution is -0.122. The summed E-state index contributed by atoms with van der Waals surface area (Å²) in [5, 5.41) is 7.34. The highest BCUT2D eigenvalue weighted by molar-refractivity contribution is 7.19. The minimum atomic E-state index is -0.242. The second kappa shape index (κ2) is 7.15. The van der Waals surface area contributed by atoms with Crippen LogP contribution in [0.4, 0.5) is 0 Å². The van der Waals surface area contributed by atoms with Gasteiger partial charge in [-0.1, -0.05) is 31.2 Å². The van der Waals surface area contributed by atoms with Crippen LogP contribution in [0.2, 0.25) is 0 Å². The van der Waals surface area contributed by atoms with E-state index in [0.29, 0.717) is 5.52 Å². The molecule has 0 saturated carbocycles. The second-order valence-electron chi connectivity index (χ2n) is 7.52. The van der Waals surface area contributed by atoms with E-state index in [1.165, 1.54) is 20.7 Å². The molecule has 1 N–H and O–H groups in total. The normalized spacial score (nSPS) is 16.2. The minimum Gasteiger partial charge on any atom is -0.348 e. The molecule has 0 fully saturated rings. The van der Waals surface area contributed by atoms with Crippen molar-refractivity contribution in [2.75, 3.05) is 0 Å². The van der Waals surface area contributed by atoms with Gasteiger partial charge in [-0.15, -0.1) is 11.3 Å². The van der Waals surface area contributed by atoms with Gasteiger partial charge in [-0.3, -0.25) is 14.0 Å². The first-order valence-corrected chi connectivity index (χ1v) is 10.8. The van der Waals surface area contributed by atoms with Crippen LogP contribution >= 0.6 is 11.3 Å². The fraction of sp³-hybridized carbons (Fsp3) is 0.318. The Bertz CT molecular complexity index is 1280. The van der Waals surface area contributed by atoms with Gasteiger partial charge in [-0.2, -0.15) is 5.10 Å². The third-order valence-electron chi connectivity index (χ3n) is 5.68. The molecule has 0 spiro atoms. The maximum Gasteiger partial charge on any atom is 0.291 e. The fourth-order valence-electron chi connectivity index (χ4n) is 4.22. The Labute approximate surface area is 171 Å². The number of aromatic nitrogens is 3. The lowest BCUT2D eigenvalue weighted by Crippen LogP contribution is -2.37. The minimum absolute atomic E-state index is 0.00186. The highest BCUT2D eigenvalue weighted by atomic mass is 32.1. The zero-order valence-electron chi connectivity index (χ0n) is 16.2. The summed E-state index contributed by atoms with van der Waals surface area (Å²) in [4.78, 5) is 26.8. The van der Waals surface area contributed by atoms with Crippen LogP contribution < -0.4 is 10.9 Å². The zero-order valence-corrected chi connectivity index (χ0v) is 17.0. The summed E-state index contributed by atoms with van der Waals surface area (Å²) in [6.45, 7) is 2.04. The molecular formula is C22H22N4O2S. The first-order valence-electron chi connectivity index (χ1n) is 10.0. The molecule has 1 aliphatic carbocycles. The van der Waals surface area contributed by atoms with Crippen molar-refractivity contribution in [2.24, 2.45) is 0 Å². The number of benzene rings is 1. The number of carbonyl (C=O) groups is 1. The van der Waals surface area contributed by atoms with Crippen molar-refractivity contribution in [1.82, 2.24) is 19.5 Å². The number of rotatable bonds is 4. The number of carbonyl (C=O) groups excluding carboxylic acids is 1. The fourth-order valence-corrected chi connectivity index (χ4v) is 5.25. The van der Waals surface area contributed by atoms with E-state index in [1.54, 1.807) is 17.7 Å².